The zero-order valence-electron chi connectivity index (χ0n) is 12.0. The van der Waals surface area contributed by atoms with Crippen molar-refractivity contribution in [3.8, 4) is 0 Å². The van der Waals surface area contributed by atoms with Crippen LogP contribution in [0.3, 0.4) is 0 Å². The van der Waals surface area contributed by atoms with Crippen LogP contribution < -0.4 is 5.32 Å². The smallest absolute Gasteiger partial charge is 0.161 e. The third kappa shape index (κ3) is 3.76. The molecule has 20 heavy (non-hydrogen) atoms. The van der Waals surface area contributed by atoms with E-state index in [0.29, 0.717) is 0 Å². The first kappa shape index (κ1) is 14.0. The van der Waals surface area contributed by atoms with Crippen molar-refractivity contribution in [1.82, 2.24) is 4.90 Å². The van der Waals surface area contributed by atoms with E-state index in [1.807, 2.05) is 11.8 Å². The quantitative estimate of drug-likeness (QED) is 0.921. The van der Waals surface area contributed by atoms with Gasteiger partial charge in [0.05, 0.1) is 6.54 Å². The molecule has 0 radical (unpaired) electrons. The molecule has 1 fully saturated rings. The first-order chi connectivity index (χ1) is 9.92. The summed E-state index contributed by atoms with van der Waals surface area (Å²) in [5, 5.41) is 4.52. The maximum Gasteiger partial charge on any atom is 0.161 e. The predicted molar refractivity (Wildman–Crippen MR) is 88.6 cm³/mol. The number of benzene rings is 1. The van der Waals surface area contributed by atoms with Crippen molar-refractivity contribution in [3.63, 3.8) is 0 Å². The highest BCUT2D eigenvalue weighted by molar-refractivity contribution is 8.14. The molecular weight excluding hydrogens is 266 g/mol. The maximum absolute atomic E-state index is 4.62. The summed E-state index contributed by atoms with van der Waals surface area (Å²) in [7, 11) is 0. The van der Waals surface area contributed by atoms with Crippen molar-refractivity contribution < 1.29 is 0 Å². The Labute approximate surface area is 125 Å². The highest BCUT2D eigenvalue weighted by Crippen LogP contribution is 2.23. The number of hydrogen-bond acceptors (Lipinski definition) is 4. The van der Waals surface area contributed by atoms with Gasteiger partial charge in [-0.2, -0.15) is 0 Å². The van der Waals surface area contributed by atoms with E-state index in [1.165, 1.54) is 56.6 Å². The van der Waals surface area contributed by atoms with E-state index in [9.17, 15) is 0 Å². The molecule has 3 rings (SSSR count). The normalized spacial score (nSPS) is 19.7. The summed E-state index contributed by atoms with van der Waals surface area (Å²) in [6, 6.07) is 8.44. The van der Waals surface area contributed by atoms with Crippen LogP contribution in [0.25, 0.3) is 0 Å². The maximum atomic E-state index is 4.62. The first-order valence-electron chi connectivity index (χ1n) is 7.66. The molecule has 1 aromatic rings. The molecular formula is C16H23N3S. The van der Waals surface area contributed by atoms with Gasteiger partial charge < -0.3 is 10.2 Å². The van der Waals surface area contributed by atoms with E-state index < -0.39 is 0 Å². The van der Waals surface area contributed by atoms with Crippen LogP contribution in [0.5, 0.6) is 0 Å². The van der Waals surface area contributed by atoms with Crippen LogP contribution in [0.4, 0.5) is 5.69 Å². The van der Waals surface area contributed by atoms with Gasteiger partial charge in [-0.3, -0.25) is 4.99 Å². The minimum atomic E-state index is 0.815. The van der Waals surface area contributed by atoms with Crippen molar-refractivity contribution >= 4 is 22.6 Å². The lowest BCUT2D eigenvalue weighted by Gasteiger charge is -2.21. The number of anilines is 1. The van der Waals surface area contributed by atoms with Gasteiger partial charge >= 0.3 is 0 Å². The molecule has 0 aliphatic carbocycles. The fourth-order valence-corrected chi connectivity index (χ4v) is 3.69. The monoisotopic (exact) mass is 289 g/mol. The lowest BCUT2D eigenvalue weighted by molar-refractivity contribution is 0.303. The molecule has 1 aromatic carbocycles. The predicted octanol–water partition coefficient (Wildman–Crippen LogP) is 3.58. The molecule has 0 aromatic heterocycles. The summed E-state index contributed by atoms with van der Waals surface area (Å²) < 4.78 is 0. The number of likely N-dealkylation sites (tertiary alicyclic amines) is 1. The van der Waals surface area contributed by atoms with Gasteiger partial charge in [0.15, 0.2) is 5.17 Å². The van der Waals surface area contributed by atoms with E-state index >= 15 is 0 Å². The van der Waals surface area contributed by atoms with E-state index in [-0.39, 0.29) is 0 Å². The van der Waals surface area contributed by atoms with Gasteiger partial charge in [-0.15, -0.1) is 0 Å². The third-order valence-corrected chi connectivity index (χ3v) is 4.89. The molecule has 2 heterocycles. The number of para-hydroxylation sites is 1. The zero-order chi connectivity index (χ0) is 13.6. The van der Waals surface area contributed by atoms with Crippen molar-refractivity contribution in [3.05, 3.63) is 29.8 Å². The van der Waals surface area contributed by atoms with Crippen molar-refractivity contribution in [2.24, 2.45) is 4.99 Å². The molecule has 2 aliphatic rings. The van der Waals surface area contributed by atoms with Gasteiger partial charge in [0.2, 0.25) is 0 Å². The van der Waals surface area contributed by atoms with Crippen LogP contribution in [0.15, 0.2) is 29.3 Å². The molecule has 1 saturated heterocycles. The molecule has 3 nitrogen and oxygen atoms in total. The van der Waals surface area contributed by atoms with Gasteiger partial charge in [0.25, 0.3) is 0 Å². The van der Waals surface area contributed by atoms with Crippen molar-refractivity contribution in [2.45, 2.75) is 32.2 Å². The van der Waals surface area contributed by atoms with Crippen molar-refractivity contribution in [1.29, 1.82) is 0 Å². The summed E-state index contributed by atoms with van der Waals surface area (Å²) in [6.45, 7) is 4.56. The molecule has 108 valence electrons. The summed E-state index contributed by atoms with van der Waals surface area (Å²) in [5.74, 6) is 1.13. The molecule has 4 heteroatoms. The van der Waals surface area contributed by atoms with Gasteiger partial charge in [0, 0.05) is 18.0 Å². The van der Waals surface area contributed by atoms with E-state index in [4.69, 9.17) is 0 Å². The van der Waals surface area contributed by atoms with Gasteiger partial charge in [-0.25, -0.2) is 0 Å². The Bertz CT molecular complexity index is 465. The Hall–Kier alpha value is -1.00. The third-order valence-electron chi connectivity index (χ3n) is 4.00. The summed E-state index contributed by atoms with van der Waals surface area (Å²) in [4.78, 5) is 7.23. The first-order valence-corrected chi connectivity index (χ1v) is 8.65. The lowest BCUT2D eigenvalue weighted by atomic mass is 10.1. The number of nitrogens with zero attached hydrogens (tertiary/aromatic N) is 2. The molecule has 0 atom stereocenters. The van der Waals surface area contributed by atoms with E-state index in [1.54, 1.807) is 0 Å². The summed E-state index contributed by atoms with van der Waals surface area (Å²) in [6.07, 6.45) is 5.57. The van der Waals surface area contributed by atoms with E-state index in [0.717, 1.165) is 17.5 Å². The molecule has 1 N–H and O–H groups in total. The molecule has 2 aliphatic heterocycles. The molecule has 0 unspecified atom stereocenters. The molecule has 0 spiro atoms. The lowest BCUT2D eigenvalue weighted by Crippen LogP contribution is -2.28. The minimum Gasteiger partial charge on any atom is -0.335 e. The largest absolute Gasteiger partial charge is 0.335 e. The topological polar surface area (TPSA) is 27.6 Å². The summed E-state index contributed by atoms with van der Waals surface area (Å²) >= 11 is 1.86. The second-order valence-corrected chi connectivity index (χ2v) is 6.59. The van der Waals surface area contributed by atoms with Crippen LogP contribution in [0, 0.1) is 0 Å². The van der Waals surface area contributed by atoms with Crippen LogP contribution in [0.1, 0.15) is 31.2 Å². The second-order valence-electron chi connectivity index (χ2n) is 5.51. The minimum absolute atomic E-state index is 0.815. The number of nitrogens with one attached hydrogen (secondary N) is 1. The van der Waals surface area contributed by atoms with Crippen LogP contribution >= 0.6 is 11.8 Å². The Balaban J connectivity index is 1.44. The SMILES string of the molecule is c1ccc2c(c1)CN=C(SCCN1CCCCCC1)N2. The number of rotatable bonds is 3. The number of fused-ring (bicyclic) bond motifs is 1. The van der Waals surface area contributed by atoms with Gasteiger partial charge in [0.1, 0.15) is 0 Å². The summed E-state index contributed by atoms with van der Waals surface area (Å²) in [5.41, 5.74) is 2.52. The Kier molecular flexibility index (Phi) is 4.98. The number of aliphatic imine (C=N–C) groups is 1. The fraction of sp³-hybridized carbons (Fsp3) is 0.562. The number of thioether (sulfide) groups is 1. The fourth-order valence-electron chi connectivity index (χ4n) is 2.80. The molecule has 0 saturated carbocycles. The van der Waals surface area contributed by atoms with E-state index in [2.05, 4.69) is 39.5 Å². The number of amidine groups is 1. The molecule has 0 bridgehead atoms. The Morgan fingerprint density at radius 2 is 1.90 bits per heavy atom. The van der Waals surface area contributed by atoms with Gasteiger partial charge in [-0.1, -0.05) is 42.8 Å². The molecule has 0 amide bonds. The van der Waals surface area contributed by atoms with Crippen molar-refractivity contribution in [2.75, 3.05) is 30.7 Å². The zero-order valence-corrected chi connectivity index (χ0v) is 12.8. The second kappa shape index (κ2) is 7.14. The van der Waals surface area contributed by atoms with Crippen LogP contribution in [0.2, 0.25) is 0 Å². The van der Waals surface area contributed by atoms with Gasteiger partial charge in [-0.05, 0) is 37.6 Å². The van der Waals surface area contributed by atoms with Crippen LogP contribution in [-0.4, -0.2) is 35.5 Å². The average molecular weight is 289 g/mol. The Morgan fingerprint density at radius 3 is 2.75 bits per heavy atom. The number of hydrogen-bond donors (Lipinski definition) is 1. The van der Waals surface area contributed by atoms with Crippen LogP contribution in [-0.2, 0) is 6.54 Å². The average Bonchev–Trinajstić information content (AvgIpc) is 2.76. The Morgan fingerprint density at radius 1 is 1.10 bits per heavy atom. The highest BCUT2D eigenvalue weighted by Gasteiger charge is 2.12. The standard InChI is InChI=1S/C16H23N3S/c1-2-6-10-19(9-5-1)11-12-20-16-17-13-14-7-3-4-8-15(14)18-16/h3-4,7-8H,1-2,5-6,9-13H2,(H,17,18). The highest BCUT2D eigenvalue weighted by atomic mass is 32.2.